The van der Waals surface area contributed by atoms with E-state index in [4.69, 9.17) is 0 Å². The summed E-state index contributed by atoms with van der Waals surface area (Å²) in [6.45, 7) is 12.7. The number of carbonyl (C=O) groups excluding carboxylic acids is 2. The fourth-order valence-electron chi connectivity index (χ4n) is 4.72. The van der Waals surface area contributed by atoms with E-state index in [9.17, 15) is 14.7 Å². The number of rotatable bonds is 7. The van der Waals surface area contributed by atoms with Crippen molar-refractivity contribution in [1.82, 2.24) is 25.0 Å². The fraction of sp³-hybridized carbons (Fsp3) is 0.500. The quantitative estimate of drug-likeness (QED) is 0.486. The highest BCUT2D eigenvalue weighted by molar-refractivity contribution is 7.13. The Bertz CT molecular complexity index is 1240. The fourth-order valence-corrected chi connectivity index (χ4v) is 5.53. The number of likely N-dealkylation sites (tertiary alicyclic amines) is 1. The van der Waals surface area contributed by atoms with Crippen LogP contribution in [0.2, 0.25) is 0 Å². The number of nitrogens with zero attached hydrogens (tertiary/aromatic N) is 4. The zero-order chi connectivity index (χ0) is 26.9. The minimum Gasteiger partial charge on any atom is -0.391 e. The molecule has 2 N–H and O–H groups in total. The van der Waals surface area contributed by atoms with Crippen LogP contribution in [0.15, 0.2) is 42.2 Å². The van der Waals surface area contributed by atoms with Gasteiger partial charge in [-0.3, -0.25) is 14.3 Å². The van der Waals surface area contributed by atoms with Crippen LogP contribution in [-0.4, -0.2) is 55.3 Å². The maximum atomic E-state index is 13.7. The van der Waals surface area contributed by atoms with Crippen LogP contribution in [0.1, 0.15) is 63.9 Å². The van der Waals surface area contributed by atoms with Gasteiger partial charge in [-0.2, -0.15) is 5.10 Å². The molecule has 2 aromatic heterocycles. The summed E-state index contributed by atoms with van der Waals surface area (Å²) in [5.74, 6) is -0.493. The first-order valence-electron chi connectivity index (χ1n) is 12.8. The first-order chi connectivity index (χ1) is 17.5. The number of amides is 2. The number of thiazole rings is 1. The van der Waals surface area contributed by atoms with Crippen molar-refractivity contribution in [2.24, 2.45) is 5.92 Å². The Hall–Kier alpha value is -3.04. The van der Waals surface area contributed by atoms with Crippen LogP contribution in [0.5, 0.6) is 0 Å². The second kappa shape index (κ2) is 10.8. The molecular formula is C28H37N5O3S. The molecule has 1 aliphatic rings. The van der Waals surface area contributed by atoms with Crippen LogP contribution in [0.3, 0.4) is 0 Å². The molecule has 1 aromatic carbocycles. The minimum atomic E-state index is -0.739. The van der Waals surface area contributed by atoms with Gasteiger partial charge in [0, 0.05) is 25.7 Å². The second-order valence-corrected chi connectivity index (χ2v) is 12.1. The molecule has 4 rings (SSSR count). The van der Waals surface area contributed by atoms with Gasteiger partial charge in [0.2, 0.25) is 11.8 Å². The number of carbonyl (C=O) groups is 2. The van der Waals surface area contributed by atoms with Gasteiger partial charge in [0.05, 0.1) is 28.4 Å². The van der Waals surface area contributed by atoms with Gasteiger partial charge in [-0.25, -0.2) is 4.98 Å². The smallest absolute Gasteiger partial charge is 0.248 e. The van der Waals surface area contributed by atoms with E-state index in [0.29, 0.717) is 6.54 Å². The van der Waals surface area contributed by atoms with Crippen LogP contribution in [0.4, 0.5) is 0 Å². The number of nitrogens with one attached hydrogen (secondary N) is 1. The van der Waals surface area contributed by atoms with E-state index < -0.39 is 18.2 Å². The largest absolute Gasteiger partial charge is 0.391 e. The zero-order valence-electron chi connectivity index (χ0n) is 22.4. The van der Waals surface area contributed by atoms with Crippen LogP contribution in [-0.2, 0) is 21.5 Å². The Morgan fingerprint density at radius 3 is 2.49 bits per heavy atom. The second-order valence-electron chi connectivity index (χ2n) is 11.2. The number of aliphatic hydroxyl groups is 1. The highest BCUT2D eigenvalue weighted by Crippen LogP contribution is 2.30. The Labute approximate surface area is 222 Å². The maximum absolute atomic E-state index is 13.7. The standard InChI is InChI=1S/C28H37N5O3S/c1-17(2)24(33-14-21(13-31-33)28(4,5)6)27(36)32-15-22(34)11-23(32)26(35)29-12-19-7-9-20(10-8-19)25-18(3)30-16-37-25/h7-10,13-14,16-17,22-24,34H,11-12,15H2,1-6H3,(H,29,35)/t22-,23+,24+/m1/s1. The Kier molecular flexibility index (Phi) is 7.85. The van der Waals surface area contributed by atoms with E-state index in [-0.39, 0.29) is 36.1 Å². The van der Waals surface area contributed by atoms with Crippen LogP contribution in [0, 0.1) is 12.8 Å². The van der Waals surface area contributed by atoms with Crippen molar-refractivity contribution >= 4 is 23.2 Å². The summed E-state index contributed by atoms with van der Waals surface area (Å²) in [7, 11) is 0. The molecule has 1 fully saturated rings. The lowest BCUT2D eigenvalue weighted by atomic mass is 9.90. The van der Waals surface area contributed by atoms with Gasteiger partial charge in [0.15, 0.2) is 0 Å². The highest BCUT2D eigenvalue weighted by atomic mass is 32.1. The summed E-state index contributed by atoms with van der Waals surface area (Å²) in [4.78, 5) is 33.9. The van der Waals surface area contributed by atoms with Crippen molar-refractivity contribution in [3.8, 4) is 10.4 Å². The molecule has 3 aromatic rings. The molecule has 0 saturated carbocycles. The van der Waals surface area contributed by atoms with Crippen molar-refractivity contribution < 1.29 is 14.7 Å². The highest BCUT2D eigenvalue weighted by Gasteiger charge is 2.42. The molecule has 37 heavy (non-hydrogen) atoms. The zero-order valence-corrected chi connectivity index (χ0v) is 23.2. The van der Waals surface area contributed by atoms with Gasteiger partial charge in [-0.1, -0.05) is 58.9 Å². The van der Waals surface area contributed by atoms with Crippen LogP contribution < -0.4 is 5.32 Å². The number of β-amino-alcohol motifs (C(OH)–C–C–N with tert-alkyl or cyclic N) is 1. The van der Waals surface area contributed by atoms with Gasteiger partial charge in [-0.15, -0.1) is 11.3 Å². The number of aliphatic hydroxyl groups excluding tert-OH is 1. The average molecular weight is 524 g/mol. The predicted molar refractivity (Wildman–Crippen MR) is 145 cm³/mol. The van der Waals surface area contributed by atoms with E-state index in [2.05, 4.69) is 36.2 Å². The van der Waals surface area contributed by atoms with Crippen molar-refractivity contribution in [3.05, 3.63) is 59.0 Å². The lowest BCUT2D eigenvalue weighted by molar-refractivity contribution is -0.142. The monoisotopic (exact) mass is 523 g/mol. The molecule has 3 heterocycles. The molecule has 0 aliphatic carbocycles. The van der Waals surface area contributed by atoms with Gasteiger partial charge < -0.3 is 15.3 Å². The molecule has 0 radical (unpaired) electrons. The summed E-state index contributed by atoms with van der Waals surface area (Å²) in [6, 6.07) is 6.75. The third kappa shape index (κ3) is 5.93. The molecule has 0 bridgehead atoms. The molecule has 198 valence electrons. The lowest BCUT2D eigenvalue weighted by Crippen LogP contribution is -2.49. The van der Waals surface area contributed by atoms with Crippen molar-refractivity contribution in [3.63, 3.8) is 0 Å². The first-order valence-corrected chi connectivity index (χ1v) is 13.6. The van der Waals surface area contributed by atoms with E-state index in [1.165, 1.54) is 4.90 Å². The van der Waals surface area contributed by atoms with Gasteiger partial charge in [0.1, 0.15) is 12.1 Å². The van der Waals surface area contributed by atoms with E-state index in [0.717, 1.165) is 27.3 Å². The van der Waals surface area contributed by atoms with Crippen LogP contribution >= 0.6 is 11.3 Å². The maximum Gasteiger partial charge on any atom is 0.248 e. The molecule has 8 nitrogen and oxygen atoms in total. The Morgan fingerprint density at radius 1 is 1.22 bits per heavy atom. The van der Waals surface area contributed by atoms with E-state index >= 15 is 0 Å². The number of hydrogen-bond donors (Lipinski definition) is 2. The number of hydrogen-bond acceptors (Lipinski definition) is 6. The summed E-state index contributed by atoms with van der Waals surface area (Å²) >= 11 is 1.60. The van der Waals surface area contributed by atoms with Gasteiger partial charge >= 0.3 is 0 Å². The molecule has 0 spiro atoms. The third-order valence-corrected chi connectivity index (χ3v) is 7.91. The van der Waals surface area contributed by atoms with E-state index in [1.807, 2.05) is 56.7 Å². The predicted octanol–water partition coefficient (Wildman–Crippen LogP) is 4.09. The minimum absolute atomic E-state index is 0.0395. The summed E-state index contributed by atoms with van der Waals surface area (Å²) in [6.07, 6.45) is 3.20. The summed E-state index contributed by atoms with van der Waals surface area (Å²) in [5, 5.41) is 17.9. The SMILES string of the molecule is Cc1ncsc1-c1ccc(CNC(=O)[C@@H]2C[C@@H](O)CN2C(=O)[C@H](C(C)C)n2cc(C(C)(C)C)cn2)cc1. The van der Waals surface area contributed by atoms with Crippen molar-refractivity contribution in [1.29, 1.82) is 0 Å². The number of aromatic nitrogens is 3. The Morgan fingerprint density at radius 2 is 1.92 bits per heavy atom. The Balaban J connectivity index is 1.45. The van der Waals surface area contributed by atoms with Gasteiger partial charge in [0.25, 0.3) is 0 Å². The normalized spacial score (nSPS) is 18.9. The topological polar surface area (TPSA) is 100 Å². The summed E-state index contributed by atoms with van der Waals surface area (Å²) < 4.78 is 1.71. The molecular weight excluding hydrogens is 486 g/mol. The van der Waals surface area contributed by atoms with E-state index in [1.54, 1.807) is 22.2 Å². The third-order valence-electron chi connectivity index (χ3n) is 6.93. The number of benzene rings is 1. The van der Waals surface area contributed by atoms with Crippen molar-refractivity contribution in [2.45, 2.75) is 78.1 Å². The first kappa shape index (κ1) is 27.0. The molecule has 9 heteroatoms. The van der Waals surface area contributed by atoms with Gasteiger partial charge in [-0.05, 0) is 34.9 Å². The molecule has 3 atom stereocenters. The average Bonchev–Trinajstić information content (AvgIpc) is 3.57. The molecule has 1 aliphatic heterocycles. The molecule has 0 unspecified atom stereocenters. The van der Waals surface area contributed by atoms with Crippen LogP contribution in [0.25, 0.3) is 10.4 Å². The van der Waals surface area contributed by atoms with Crippen molar-refractivity contribution in [2.75, 3.05) is 6.54 Å². The summed E-state index contributed by atoms with van der Waals surface area (Å²) in [5.41, 5.74) is 5.84. The molecule has 2 amide bonds. The lowest BCUT2D eigenvalue weighted by Gasteiger charge is -2.30. The molecule has 1 saturated heterocycles. The number of aryl methyl sites for hydroxylation is 1.